The molecular weight excluding hydrogens is 420 g/mol. The zero-order chi connectivity index (χ0) is 23.3. The van der Waals surface area contributed by atoms with Crippen molar-refractivity contribution in [2.75, 3.05) is 12.4 Å². The zero-order valence-electron chi connectivity index (χ0n) is 17.1. The van der Waals surface area contributed by atoms with E-state index in [0.29, 0.717) is 11.1 Å². The quantitative estimate of drug-likeness (QED) is 0.508. The second kappa shape index (κ2) is 9.43. The fraction of sp³-hybridized carbons (Fsp3) is 0.200. The Kier molecular flexibility index (Phi) is 6.50. The van der Waals surface area contributed by atoms with Crippen molar-refractivity contribution in [3.63, 3.8) is 0 Å². The fourth-order valence-corrected chi connectivity index (χ4v) is 2.85. The maximum Gasteiger partial charge on any atom is 0.411 e. The molecule has 0 aliphatic rings. The van der Waals surface area contributed by atoms with E-state index in [1.54, 1.807) is 13.0 Å². The molecule has 3 aromatic rings. The van der Waals surface area contributed by atoms with Crippen LogP contribution in [0.1, 0.15) is 17.1 Å². The lowest BCUT2D eigenvalue weighted by Crippen LogP contribution is -2.33. The Morgan fingerprint density at radius 2 is 2.06 bits per heavy atom. The molecule has 2 amide bonds. The molecule has 2 heterocycles. The number of carbonyl (C=O) groups is 2. The molecule has 0 aliphatic heterocycles. The van der Waals surface area contributed by atoms with Gasteiger partial charge in [-0.15, -0.1) is 0 Å². The summed E-state index contributed by atoms with van der Waals surface area (Å²) in [6, 6.07) is 8.89. The van der Waals surface area contributed by atoms with Gasteiger partial charge in [-0.1, -0.05) is 0 Å². The standard InChI is InChI=1S/C20H18N6O6/c1-11-23-16(14-4-3-12(8-21)5-15(14)24-20(30)31-2)7-19(29)26(11)10-18(28)22-9-13-6-17(27)25-32-13/h3-7H,9-10H2,1-2H3,(H,22,28)(H,24,30)(H,25,27). The van der Waals surface area contributed by atoms with Crippen molar-refractivity contribution < 1.29 is 18.8 Å². The van der Waals surface area contributed by atoms with Crippen LogP contribution in [0, 0.1) is 18.3 Å². The molecule has 164 valence electrons. The number of nitriles is 1. The molecule has 0 unspecified atom stereocenters. The third-order valence-electron chi connectivity index (χ3n) is 4.38. The number of H-pyrrole nitrogens is 1. The Labute approximate surface area is 180 Å². The first-order valence-corrected chi connectivity index (χ1v) is 9.22. The Hall–Kier alpha value is -4.66. The second-order valence-corrected chi connectivity index (χ2v) is 6.56. The number of aromatic amines is 1. The number of rotatable bonds is 6. The van der Waals surface area contributed by atoms with Crippen LogP contribution in [0.2, 0.25) is 0 Å². The highest BCUT2D eigenvalue weighted by molar-refractivity contribution is 5.91. The molecule has 12 nitrogen and oxygen atoms in total. The van der Waals surface area contributed by atoms with Crippen LogP contribution in [0.4, 0.5) is 10.5 Å². The van der Waals surface area contributed by atoms with Gasteiger partial charge in [-0.3, -0.25) is 24.3 Å². The number of nitrogens with zero attached hydrogens (tertiary/aromatic N) is 3. The second-order valence-electron chi connectivity index (χ2n) is 6.56. The van der Waals surface area contributed by atoms with E-state index in [4.69, 9.17) is 9.78 Å². The van der Waals surface area contributed by atoms with E-state index >= 15 is 0 Å². The molecule has 1 aromatic carbocycles. The number of nitrogens with one attached hydrogen (secondary N) is 3. The van der Waals surface area contributed by atoms with Crippen molar-refractivity contribution in [1.82, 2.24) is 20.0 Å². The summed E-state index contributed by atoms with van der Waals surface area (Å²) in [4.78, 5) is 52.0. The highest BCUT2D eigenvalue weighted by Crippen LogP contribution is 2.27. The lowest BCUT2D eigenvalue weighted by atomic mass is 10.1. The van der Waals surface area contributed by atoms with E-state index in [1.165, 1.54) is 35.9 Å². The number of benzene rings is 1. The minimum Gasteiger partial charge on any atom is -0.453 e. The molecule has 0 radical (unpaired) electrons. The van der Waals surface area contributed by atoms with E-state index in [9.17, 15) is 19.2 Å². The van der Waals surface area contributed by atoms with Gasteiger partial charge in [0.25, 0.3) is 11.1 Å². The van der Waals surface area contributed by atoms with Gasteiger partial charge in [0.15, 0.2) is 5.76 Å². The normalized spacial score (nSPS) is 10.3. The van der Waals surface area contributed by atoms with Crippen LogP contribution in [-0.4, -0.2) is 33.8 Å². The zero-order valence-corrected chi connectivity index (χ0v) is 17.1. The molecule has 32 heavy (non-hydrogen) atoms. The Morgan fingerprint density at radius 1 is 1.28 bits per heavy atom. The molecule has 3 N–H and O–H groups in total. The van der Waals surface area contributed by atoms with Gasteiger partial charge in [0.1, 0.15) is 12.4 Å². The van der Waals surface area contributed by atoms with Crippen LogP contribution < -0.4 is 21.8 Å². The molecule has 12 heteroatoms. The van der Waals surface area contributed by atoms with Crippen LogP contribution in [-0.2, 0) is 22.6 Å². The summed E-state index contributed by atoms with van der Waals surface area (Å²) >= 11 is 0. The minimum atomic E-state index is -0.749. The topological polar surface area (TPSA) is 172 Å². The summed E-state index contributed by atoms with van der Waals surface area (Å²) in [7, 11) is 1.20. The van der Waals surface area contributed by atoms with Gasteiger partial charge in [0.05, 0.1) is 36.7 Å². The van der Waals surface area contributed by atoms with Gasteiger partial charge in [-0.2, -0.15) is 10.4 Å². The van der Waals surface area contributed by atoms with Crippen LogP contribution in [0.3, 0.4) is 0 Å². The van der Waals surface area contributed by atoms with Crippen LogP contribution in [0.25, 0.3) is 11.3 Å². The van der Waals surface area contributed by atoms with Crippen LogP contribution >= 0.6 is 0 Å². The van der Waals surface area contributed by atoms with E-state index in [0.717, 1.165) is 0 Å². The predicted molar refractivity (Wildman–Crippen MR) is 111 cm³/mol. The van der Waals surface area contributed by atoms with Crippen LogP contribution in [0.5, 0.6) is 0 Å². The lowest BCUT2D eigenvalue weighted by Gasteiger charge is -2.13. The third-order valence-corrected chi connectivity index (χ3v) is 4.38. The van der Waals surface area contributed by atoms with E-state index in [1.807, 2.05) is 6.07 Å². The molecule has 0 atom stereocenters. The number of amides is 2. The Balaban J connectivity index is 1.85. The average molecular weight is 438 g/mol. The fourth-order valence-electron chi connectivity index (χ4n) is 2.85. The SMILES string of the molecule is COC(=O)Nc1cc(C#N)ccc1-c1cc(=O)n(CC(=O)NCc2cc(=O)[nH]o2)c(C)n1. The highest BCUT2D eigenvalue weighted by Gasteiger charge is 2.15. The Bertz CT molecular complexity index is 1330. The number of aryl methyl sites for hydroxylation is 1. The summed E-state index contributed by atoms with van der Waals surface area (Å²) in [6.07, 6.45) is -0.749. The molecule has 0 saturated heterocycles. The maximum atomic E-state index is 12.7. The molecule has 0 fully saturated rings. The summed E-state index contributed by atoms with van der Waals surface area (Å²) < 4.78 is 10.6. The van der Waals surface area contributed by atoms with Crippen molar-refractivity contribution in [3.8, 4) is 17.3 Å². The number of hydrogen-bond donors (Lipinski definition) is 3. The smallest absolute Gasteiger partial charge is 0.411 e. The summed E-state index contributed by atoms with van der Waals surface area (Å²) in [5.74, 6) is 0.0107. The number of anilines is 1. The van der Waals surface area contributed by atoms with Crippen molar-refractivity contribution in [2.45, 2.75) is 20.0 Å². The predicted octanol–water partition coefficient (Wildman–Crippen LogP) is 0.866. The molecule has 0 aliphatic carbocycles. The van der Waals surface area contributed by atoms with E-state index < -0.39 is 23.1 Å². The van der Waals surface area contributed by atoms with E-state index in [-0.39, 0.29) is 36.1 Å². The maximum absolute atomic E-state index is 12.7. The van der Waals surface area contributed by atoms with Crippen molar-refractivity contribution >= 4 is 17.7 Å². The van der Waals surface area contributed by atoms with Crippen molar-refractivity contribution in [2.24, 2.45) is 0 Å². The van der Waals surface area contributed by atoms with Gasteiger partial charge >= 0.3 is 6.09 Å². The van der Waals surface area contributed by atoms with Gasteiger partial charge < -0.3 is 14.6 Å². The molecule has 3 rings (SSSR count). The Morgan fingerprint density at radius 3 is 2.69 bits per heavy atom. The monoisotopic (exact) mass is 438 g/mol. The summed E-state index contributed by atoms with van der Waals surface area (Å²) in [6.45, 7) is 1.23. The molecular formula is C20H18N6O6. The highest BCUT2D eigenvalue weighted by atomic mass is 16.5. The number of methoxy groups -OCH3 is 1. The minimum absolute atomic E-state index is 0.0231. The van der Waals surface area contributed by atoms with Gasteiger partial charge in [-0.05, 0) is 25.1 Å². The number of aromatic nitrogens is 3. The molecule has 0 saturated carbocycles. The van der Waals surface area contributed by atoms with Gasteiger partial charge in [0, 0.05) is 17.7 Å². The van der Waals surface area contributed by atoms with Crippen LogP contribution in [0.15, 0.2) is 44.4 Å². The average Bonchev–Trinajstić information content (AvgIpc) is 3.19. The van der Waals surface area contributed by atoms with Gasteiger partial charge in [0.2, 0.25) is 5.91 Å². The number of carbonyl (C=O) groups excluding carboxylic acids is 2. The van der Waals surface area contributed by atoms with E-state index in [2.05, 4.69) is 25.5 Å². The summed E-state index contributed by atoms with van der Waals surface area (Å²) in [5.41, 5.74) is 0.253. The molecule has 0 bridgehead atoms. The number of ether oxygens (including phenoxy) is 1. The first-order valence-electron chi connectivity index (χ1n) is 9.22. The third kappa shape index (κ3) is 5.08. The molecule has 0 spiro atoms. The first kappa shape index (κ1) is 22.0. The molecule has 2 aromatic heterocycles. The lowest BCUT2D eigenvalue weighted by molar-refractivity contribution is -0.122. The first-order chi connectivity index (χ1) is 15.3. The van der Waals surface area contributed by atoms with Crippen molar-refractivity contribution in [3.05, 3.63) is 68.2 Å². The largest absolute Gasteiger partial charge is 0.453 e. The number of hydrogen-bond acceptors (Lipinski definition) is 8. The summed E-state index contributed by atoms with van der Waals surface area (Å²) in [5, 5.41) is 16.3. The van der Waals surface area contributed by atoms with Crippen molar-refractivity contribution in [1.29, 1.82) is 5.26 Å². The van der Waals surface area contributed by atoms with Gasteiger partial charge in [-0.25, -0.2) is 9.78 Å².